The number of fused-ring (bicyclic) bond motifs is 1. The fourth-order valence-electron chi connectivity index (χ4n) is 2.26. The van der Waals surface area contributed by atoms with Gasteiger partial charge in [-0.2, -0.15) is 0 Å². The molecule has 0 N–H and O–H groups in total. The fourth-order valence-corrected chi connectivity index (χ4v) is 2.64. The van der Waals surface area contributed by atoms with Gasteiger partial charge in [-0.15, -0.1) is 0 Å². The van der Waals surface area contributed by atoms with Crippen LogP contribution in [0.3, 0.4) is 0 Å². The van der Waals surface area contributed by atoms with E-state index in [0.29, 0.717) is 11.4 Å². The molecule has 3 rings (SSSR count). The zero-order valence-corrected chi connectivity index (χ0v) is 12.6. The molecule has 0 bridgehead atoms. The third-order valence-corrected chi connectivity index (χ3v) is 3.82. The Labute approximate surface area is 125 Å². The Kier molecular flexibility index (Phi) is 3.40. The minimum Gasteiger partial charge on any atom is -0.328 e. The Morgan fingerprint density at radius 3 is 2.75 bits per heavy atom. The minimum absolute atomic E-state index is 0.0401. The zero-order chi connectivity index (χ0) is 14.1. The van der Waals surface area contributed by atoms with Crippen molar-refractivity contribution in [3.05, 3.63) is 64.7 Å². The maximum absolute atomic E-state index is 12.5. The van der Waals surface area contributed by atoms with Crippen LogP contribution in [-0.4, -0.2) is 15.3 Å². The van der Waals surface area contributed by atoms with Crippen LogP contribution >= 0.6 is 15.9 Å². The highest BCUT2D eigenvalue weighted by molar-refractivity contribution is 9.10. The first-order valence-corrected chi connectivity index (χ1v) is 7.23. The van der Waals surface area contributed by atoms with Crippen molar-refractivity contribution in [2.45, 2.75) is 13.5 Å². The number of carbonyl (C=O) groups excluding carboxylic acids is 1. The highest BCUT2D eigenvalue weighted by Crippen LogP contribution is 2.22. The van der Waals surface area contributed by atoms with Crippen molar-refractivity contribution in [1.29, 1.82) is 0 Å². The number of imidazole rings is 1. The summed E-state index contributed by atoms with van der Waals surface area (Å²) in [4.78, 5) is 16.7. The van der Waals surface area contributed by atoms with Gasteiger partial charge in [-0.05, 0) is 35.9 Å². The lowest BCUT2D eigenvalue weighted by molar-refractivity contribution is 0.102. The molecule has 0 aliphatic heterocycles. The molecule has 4 heteroatoms. The van der Waals surface area contributed by atoms with Crippen LogP contribution < -0.4 is 0 Å². The molecule has 0 atom stereocenters. The molecule has 0 amide bonds. The molecule has 2 aromatic carbocycles. The molecule has 0 saturated heterocycles. The Morgan fingerprint density at radius 2 is 1.95 bits per heavy atom. The molecule has 1 heterocycles. The average Bonchev–Trinajstić information content (AvgIpc) is 2.94. The normalized spacial score (nSPS) is 10.9. The number of hydrogen-bond acceptors (Lipinski definition) is 2. The third-order valence-electron chi connectivity index (χ3n) is 3.32. The average molecular weight is 329 g/mol. The van der Waals surface area contributed by atoms with Crippen molar-refractivity contribution >= 4 is 32.5 Å². The van der Waals surface area contributed by atoms with E-state index in [2.05, 4.69) is 20.9 Å². The number of carbonyl (C=O) groups is 1. The molecule has 20 heavy (non-hydrogen) atoms. The van der Waals surface area contributed by atoms with Gasteiger partial charge in [0, 0.05) is 29.0 Å². The number of halogens is 1. The second-order valence-electron chi connectivity index (χ2n) is 4.57. The molecule has 0 radical (unpaired) electrons. The highest BCUT2D eigenvalue weighted by Gasteiger charge is 2.14. The number of aryl methyl sites for hydroxylation is 1. The molecular weight excluding hydrogens is 316 g/mol. The maximum atomic E-state index is 12.5. The van der Waals surface area contributed by atoms with E-state index in [-0.39, 0.29) is 5.78 Å². The van der Waals surface area contributed by atoms with Gasteiger partial charge >= 0.3 is 0 Å². The molecular formula is C16H13BrN2O. The van der Waals surface area contributed by atoms with E-state index in [9.17, 15) is 4.79 Å². The molecule has 3 nitrogen and oxygen atoms in total. The van der Waals surface area contributed by atoms with Gasteiger partial charge in [0.2, 0.25) is 5.78 Å². The largest absolute Gasteiger partial charge is 0.328 e. The first kappa shape index (κ1) is 13.1. The van der Waals surface area contributed by atoms with Gasteiger partial charge < -0.3 is 4.57 Å². The van der Waals surface area contributed by atoms with Crippen LogP contribution in [0.5, 0.6) is 0 Å². The summed E-state index contributed by atoms with van der Waals surface area (Å²) in [5, 5.41) is 2.16. The van der Waals surface area contributed by atoms with Crippen LogP contribution in [0.15, 0.2) is 53.3 Å². The Morgan fingerprint density at radius 1 is 1.20 bits per heavy atom. The van der Waals surface area contributed by atoms with Gasteiger partial charge in [0.05, 0.1) is 0 Å². The monoisotopic (exact) mass is 328 g/mol. The maximum Gasteiger partial charge on any atom is 0.228 e. The Bertz CT molecular complexity index is 792. The van der Waals surface area contributed by atoms with Crippen LogP contribution in [-0.2, 0) is 6.54 Å². The van der Waals surface area contributed by atoms with Gasteiger partial charge in [-0.25, -0.2) is 4.98 Å². The zero-order valence-electron chi connectivity index (χ0n) is 11.0. The quantitative estimate of drug-likeness (QED) is 0.680. The molecule has 0 fully saturated rings. The van der Waals surface area contributed by atoms with Crippen molar-refractivity contribution < 1.29 is 4.79 Å². The molecule has 0 unspecified atom stereocenters. The molecule has 0 aliphatic rings. The lowest BCUT2D eigenvalue weighted by Crippen LogP contribution is -2.10. The summed E-state index contributed by atoms with van der Waals surface area (Å²) < 4.78 is 2.89. The second kappa shape index (κ2) is 5.21. The van der Waals surface area contributed by atoms with Crippen LogP contribution in [0.2, 0.25) is 0 Å². The van der Waals surface area contributed by atoms with Crippen molar-refractivity contribution in [2.24, 2.45) is 0 Å². The molecule has 0 spiro atoms. The van der Waals surface area contributed by atoms with Gasteiger partial charge in [0.1, 0.15) is 0 Å². The van der Waals surface area contributed by atoms with Crippen LogP contribution in [0.25, 0.3) is 10.8 Å². The second-order valence-corrected chi connectivity index (χ2v) is 5.49. The molecule has 100 valence electrons. The van der Waals surface area contributed by atoms with Crippen LogP contribution in [0, 0.1) is 0 Å². The lowest BCUT2D eigenvalue weighted by Gasteiger charge is -2.05. The number of aromatic nitrogens is 2. The fraction of sp³-hybridized carbons (Fsp3) is 0.125. The summed E-state index contributed by atoms with van der Waals surface area (Å²) in [5.41, 5.74) is 0.667. The third kappa shape index (κ3) is 2.27. The first-order valence-electron chi connectivity index (χ1n) is 6.44. The number of hydrogen-bond donors (Lipinski definition) is 0. The Balaban J connectivity index is 2.06. The summed E-state index contributed by atoms with van der Waals surface area (Å²) in [5.74, 6) is 0.450. The van der Waals surface area contributed by atoms with Gasteiger partial charge in [-0.1, -0.05) is 34.1 Å². The topological polar surface area (TPSA) is 34.9 Å². The standard InChI is InChI=1S/C16H13BrN2O/c1-2-19-8-7-18-16(19)15(20)13-4-3-12-10-14(17)6-5-11(12)9-13/h3-10H,2H2,1H3. The van der Waals surface area contributed by atoms with Crippen molar-refractivity contribution in [3.8, 4) is 0 Å². The molecule has 0 aliphatic carbocycles. The predicted octanol–water partition coefficient (Wildman–Crippen LogP) is 4.05. The number of benzene rings is 2. The van der Waals surface area contributed by atoms with E-state index < -0.39 is 0 Å². The number of rotatable bonds is 3. The summed E-state index contributed by atoms with van der Waals surface area (Å²) in [6, 6.07) is 11.7. The van der Waals surface area contributed by atoms with Gasteiger partial charge in [0.25, 0.3) is 0 Å². The highest BCUT2D eigenvalue weighted by atomic mass is 79.9. The summed E-state index contributed by atoms with van der Waals surface area (Å²) in [6.07, 6.45) is 3.49. The number of nitrogens with zero attached hydrogens (tertiary/aromatic N) is 2. The lowest BCUT2D eigenvalue weighted by atomic mass is 10.0. The summed E-state index contributed by atoms with van der Waals surface area (Å²) in [7, 11) is 0. The van der Waals surface area contributed by atoms with E-state index in [1.54, 1.807) is 6.20 Å². The number of ketones is 1. The SMILES string of the molecule is CCn1ccnc1C(=O)c1ccc2cc(Br)ccc2c1. The van der Waals surface area contributed by atoms with Crippen LogP contribution in [0.1, 0.15) is 23.1 Å². The van der Waals surface area contributed by atoms with E-state index in [1.807, 2.05) is 54.1 Å². The molecule has 1 aromatic heterocycles. The first-order chi connectivity index (χ1) is 9.69. The smallest absolute Gasteiger partial charge is 0.228 e. The van der Waals surface area contributed by atoms with Crippen molar-refractivity contribution in [2.75, 3.05) is 0 Å². The van der Waals surface area contributed by atoms with Gasteiger partial charge in [-0.3, -0.25) is 4.79 Å². The van der Waals surface area contributed by atoms with Crippen LogP contribution in [0.4, 0.5) is 0 Å². The molecule has 0 saturated carbocycles. The summed E-state index contributed by atoms with van der Waals surface area (Å²) >= 11 is 3.45. The Hall–Kier alpha value is -1.94. The van der Waals surface area contributed by atoms with E-state index >= 15 is 0 Å². The predicted molar refractivity (Wildman–Crippen MR) is 83.0 cm³/mol. The van der Waals surface area contributed by atoms with E-state index in [0.717, 1.165) is 21.8 Å². The molecule has 3 aromatic rings. The summed E-state index contributed by atoms with van der Waals surface area (Å²) in [6.45, 7) is 2.73. The minimum atomic E-state index is -0.0401. The van der Waals surface area contributed by atoms with E-state index in [1.165, 1.54) is 0 Å². The van der Waals surface area contributed by atoms with E-state index in [4.69, 9.17) is 0 Å². The van der Waals surface area contributed by atoms with Crippen molar-refractivity contribution in [3.63, 3.8) is 0 Å². The van der Waals surface area contributed by atoms with Gasteiger partial charge in [0.15, 0.2) is 5.82 Å². The van der Waals surface area contributed by atoms with Crippen molar-refractivity contribution in [1.82, 2.24) is 9.55 Å².